The Hall–Kier alpha value is -4.42. The van der Waals surface area contributed by atoms with Crippen LogP contribution in [0.2, 0.25) is 0 Å². The first-order valence-corrected chi connectivity index (χ1v) is 14.5. The van der Waals surface area contributed by atoms with Gasteiger partial charge in [-0.1, -0.05) is 54.6 Å². The van der Waals surface area contributed by atoms with Crippen molar-refractivity contribution in [2.75, 3.05) is 38.0 Å². The summed E-state index contributed by atoms with van der Waals surface area (Å²) in [6.45, 7) is 2.22. The van der Waals surface area contributed by atoms with Crippen LogP contribution in [-0.4, -0.2) is 61.4 Å². The van der Waals surface area contributed by atoms with Crippen LogP contribution in [0.15, 0.2) is 110 Å². The van der Waals surface area contributed by atoms with Crippen molar-refractivity contribution in [1.82, 2.24) is 19.2 Å². The first-order valence-electron chi connectivity index (χ1n) is 14.5. The molecule has 2 unspecified atom stereocenters. The van der Waals surface area contributed by atoms with Gasteiger partial charge in [-0.2, -0.15) is 0 Å². The molecule has 7 rings (SSSR count). The van der Waals surface area contributed by atoms with Gasteiger partial charge in [0.1, 0.15) is 24.2 Å². The number of anilines is 2. The van der Waals surface area contributed by atoms with E-state index in [0.717, 1.165) is 10.9 Å². The lowest BCUT2D eigenvalue weighted by Gasteiger charge is -2.42. The lowest BCUT2D eigenvalue weighted by atomic mass is 9.92. The van der Waals surface area contributed by atoms with Gasteiger partial charge in [0.15, 0.2) is 6.17 Å². The van der Waals surface area contributed by atoms with E-state index < -0.39 is 0 Å². The maximum absolute atomic E-state index is 2.48. The van der Waals surface area contributed by atoms with E-state index in [2.05, 4.69) is 176 Å². The molecule has 4 aliphatic rings. The van der Waals surface area contributed by atoms with Gasteiger partial charge in [-0.05, 0) is 36.8 Å². The van der Waals surface area contributed by atoms with Crippen LogP contribution in [0.5, 0.6) is 0 Å². The maximum Gasteiger partial charge on any atom is 0.176 e. The molecule has 0 radical (unpaired) electrons. The minimum absolute atomic E-state index is 0.125. The molecule has 208 valence electrons. The number of likely N-dealkylation sites (N-methyl/N-ethyl adjacent to an activating group) is 1. The molecule has 0 aromatic heterocycles. The van der Waals surface area contributed by atoms with E-state index >= 15 is 0 Å². The summed E-state index contributed by atoms with van der Waals surface area (Å²) in [6.07, 6.45) is 17.4. The Bertz CT molecular complexity index is 1600. The fourth-order valence-corrected chi connectivity index (χ4v) is 7.20. The van der Waals surface area contributed by atoms with E-state index in [-0.39, 0.29) is 18.5 Å². The normalized spacial score (nSPS) is 26.2. The minimum Gasteiger partial charge on any atom is -0.358 e. The summed E-state index contributed by atoms with van der Waals surface area (Å²) >= 11 is 0. The zero-order valence-electron chi connectivity index (χ0n) is 24.6. The number of rotatable bonds is 5. The molecule has 3 aromatic rings. The summed E-state index contributed by atoms with van der Waals surface area (Å²) in [5.41, 5.74) is 9.00. The predicted octanol–water partition coefficient (Wildman–Crippen LogP) is 6.42. The van der Waals surface area contributed by atoms with Crippen LogP contribution < -0.4 is 14.3 Å². The lowest BCUT2D eigenvalue weighted by Crippen LogP contribution is -2.55. The average molecular weight is 544 g/mol. The fourth-order valence-electron chi connectivity index (χ4n) is 7.20. The Balaban J connectivity index is 1.27. The summed E-state index contributed by atoms with van der Waals surface area (Å²) in [6, 6.07) is 26.4. The van der Waals surface area contributed by atoms with E-state index in [9.17, 15) is 0 Å². The third-order valence-electron chi connectivity index (χ3n) is 9.42. The molecule has 0 N–H and O–H groups in total. The van der Waals surface area contributed by atoms with Gasteiger partial charge in [-0.15, -0.1) is 0 Å². The van der Waals surface area contributed by atoms with Crippen molar-refractivity contribution >= 4 is 28.7 Å². The fraction of sp³-hybridized carbons (Fsp3) is 0.257. The van der Waals surface area contributed by atoms with Gasteiger partial charge in [0.05, 0.1) is 31.0 Å². The van der Waals surface area contributed by atoms with E-state index in [0.29, 0.717) is 0 Å². The maximum atomic E-state index is 2.48. The Labute approximate surface area is 244 Å². The highest BCUT2D eigenvalue weighted by Gasteiger charge is 2.45. The molecule has 0 spiro atoms. The van der Waals surface area contributed by atoms with Crippen LogP contribution in [-0.2, 0) is 0 Å². The highest BCUT2D eigenvalue weighted by Crippen LogP contribution is 2.45. The number of aryl methyl sites for hydroxylation is 1. The molecule has 3 aromatic carbocycles. The monoisotopic (exact) mass is 543 g/mol. The minimum atomic E-state index is 0.125. The van der Waals surface area contributed by atoms with Crippen molar-refractivity contribution in [1.29, 1.82) is 0 Å². The molecule has 4 atom stereocenters. The molecule has 6 nitrogen and oxygen atoms in total. The topological polar surface area (TPSA) is 16.2 Å². The molecule has 0 saturated carbocycles. The highest BCUT2D eigenvalue weighted by atomic mass is 15.5. The van der Waals surface area contributed by atoms with Crippen LogP contribution in [0, 0.1) is 6.92 Å². The van der Waals surface area contributed by atoms with Gasteiger partial charge in [0, 0.05) is 62.6 Å². The van der Waals surface area contributed by atoms with Crippen molar-refractivity contribution in [3.63, 3.8) is 0 Å². The van der Waals surface area contributed by atoms with Crippen LogP contribution in [0.3, 0.4) is 0 Å². The zero-order valence-corrected chi connectivity index (χ0v) is 24.6. The van der Waals surface area contributed by atoms with Crippen molar-refractivity contribution < 1.29 is 0 Å². The molecule has 0 bridgehead atoms. The summed E-state index contributed by atoms with van der Waals surface area (Å²) in [5, 5.41) is 0. The molecular formula is C35H39N6+. The van der Waals surface area contributed by atoms with Crippen molar-refractivity contribution in [2.45, 2.75) is 31.8 Å². The first kappa shape index (κ1) is 25.5. The van der Waals surface area contributed by atoms with E-state index in [1.807, 2.05) is 0 Å². The number of hydrogen-bond donors (Lipinski definition) is 0. The number of para-hydroxylation sites is 3. The third kappa shape index (κ3) is 3.97. The van der Waals surface area contributed by atoms with Crippen LogP contribution in [0.25, 0.3) is 11.6 Å². The van der Waals surface area contributed by atoms with E-state index in [4.69, 9.17) is 0 Å². The Morgan fingerprint density at radius 1 is 0.683 bits per heavy atom. The van der Waals surface area contributed by atoms with Crippen molar-refractivity contribution in [3.05, 3.63) is 127 Å². The molecule has 0 saturated heterocycles. The van der Waals surface area contributed by atoms with Crippen molar-refractivity contribution in [2.24, 2.45) is 0 Å². The second-order valence-electron chi connectivity index (χ2n) is 11.9. The van der Waals surface area contributed by atoms with Crippen LogP contribution in [0.1, 0.15) is 23.1 Å². The largest absolute Gasteiger partial charge is 0.358 e. The van der Waals surface area contributed by atoms with E-state index in [1.165, 1.54) is 39.3 Å². The number of hydrogen-bond acceptors (Lipinski definition) is 5. The molecule has 4 heterocycles. The molecule has 0 fully saturated rings. The molecule has 4 aliphatic heterocycles. The quantitative estimate of drug-likeness (QED) is 0.344. The number of fused-ring (bicyclic) bond motifs is 3. The van der Waals surface area contributed by atoms with Crippen molar-refractivity contribution in [3.8, 4) is 0 Å². The smallest absolute Gasteiger partial charge is 0.176 e. The van der Waals surface area contributed by atoms with Gasteiger partial charge in [-0.3, -0.25) is 0 Å². The number of nitrogens with zero attached hydrogens (tertiary/aromatic N) is 6. The highest BCUT2D eigenvalue weighted by molar-refractivity contribution is 5.97. The predicted molar refractivity (Wildman–Crippen MR) is 171 cm³/mol. The van der Waals surface area contributed by atoms with Gasteiger partial charge >= 0.3 is 0 Å². The standard InChI is InChI=1S/C35H39N6/c1-26-12-6-11-17-32(26)41(5)23-22-37(3)34(41)25-33-36(2)18-20-39(33)31-16-10-8-14-28(31)29-24-27-13-7-9-15-30(27)40-21-19-38(4)35(29)40/h6-24,33-35H,25H2,1-5H3/q+1/t33?,34-,35-,41?/m1/s1. The summed E-state index contributed by atoms with van der Waals surface area (Å²) in [4.78, 5) is 11.9. The molecular weight excluding hydrogens is 504 g/mol. The number of quaternary nitrogens is 1. The number of benzene rings is 3. The lowest BCUT2D eigenvalue weighted by molar-refractivity contribution is 0.156. The van der Waals surface area contributed by atoms with E-state index in [1.54, 1.807) is 0 Å². The van der Waals surface area contributed by atoms with Gasteiger partial charge in [0.25, 0.3) is 0 Å². The van der Waals surface area contributed by atoms with Gasteiger partial charge < -0.3 is 24.5 Å². The SMILES string of the molecule is Cc1ccccc1[N+]1(C)C=CN(C)[C@H]1CC1N(C)C=CN1c1ccccc1C1=Cc2ccccc2N2C=CN(C)[C@@H]12. The molecule has 41 heavy (non-hydrogen) atoms. The van der Waals surface area contributed by atoms with Crippen LogP contribution in [0.4, 0.5) is 17.1 Å². The Morgan fingerprint density at radius 3 is 2.20 bits per heavy atom. The summed E-state index contributed by atoms with van der Waals surface area (Å²) in [7, 11) is 8.93. The average Bonchev–Trinajstić information content (AvgIpc) is 3.65. The summed E-state index contributed by atoms with van der Waals surface area (Å²) < 4.78 is 0.762. The molecule has 0 aliphatic carbocycles. The van der Waals surface area contributed by atoms with Gasteiger partial charge in [0.2, 0.25) is 0 Å². The second-order valence-corrected chi connectivity index (χ2v) is 11.9. The molecule has 6 heteroatoms. The zero-order chi connectivity index (χ0) is 28.3. The van der Waals surface area contributed by atoms with Crippen LogP contribution >= 0.6 is 0 Å². The van der Waals surface area contributed by atoms with Gasteiger partial charge in [-0.25, -0.2) is 4.48 Å². The Morgan fingerprint density at radius 2 is 1.37 bits per heavy atom. The molecule has 0 amide bonds. The summed E-state index contributed by atoms with van der Waals surface area (Å²) in [5.74, 6) is 0. The first-order chi connectivity index (χ1) is 19.9. The Kier molecular flexibility index (Phi) is 5.98. The second kappa shape index (κ2) is 9.60. The third-order valence-corrected chi connectivity index (χ3v) is 9.42.